The van der Waals surface area contributed by atoms with Gasteiger partial charge in [-0.25, -0.2) is 4.79 Å². The fourth-order valence-electron chi connectivity index (χ4n) is 2.37. The zero-order valence-electron chi connectivity index (χ0n) is 17.6. The van der Waals surface area contributed by atoms with Crippen LogP contribution in [0.3, 0.4) is 0 Å². The Kier molecular flexibility index (Phi) is 8.17. The lowest BCUT2D eigenvalue weighted by Crippen LogP contribution is -2.46. The van der Waals surface area contributed by atoms with Gasteiger partial charge in [0.05, 0.1) is 12.1 Å². The lowest BCUT2D eigenvalue weighted by molar-refractivity contribution is -0.142. The molecule has 0 aliphatic carbocycles. The van der Waals surface area contributed by atoms with Crippen LogP contribution in [0, 0.1) is 0 Å². The quantitative estimate of drug-likeness (QED) is 0.630. The zero-order valence-corrected chi connectivity index (χ0v) is 17.6. The van der Waals surface area contributed by atoms with Gasteiger partial charge in [-0.05, 0) is 43.9 Å². The van der Waals surface area contributed by atoms with Crippen LogP contribution in [-0.2, 0) is 19.7 Å². The van der Waals surface area contributed by atoms with Gasteiger partial charge in [-0.2, -0.15) is 0 Å². The molecule has 0 aliphatic heterocycles. The number of benzene rings is 1. The Morgan fingerprint density at radius 1 is 1.04 bits per heavy atom. The Morgan fingerprint density at radius 3 is 2.07 bits per heavy atom. The average Bonchev–Trinajstić information content (AvgIpc) is 2.57. The number of carboxylic acids is 1. The molecule has 1 unspecified atom stereocenters. The maximum absolute atomic E-state index is 12.2. The first kappa shape index (κ1) is 23.6. The summed E-state index contributed by atoms with van der Waals surface area (Å²) in [5, 5.41) is 14.2. The van der Waals surface area contributed by atoms with E-state index >= 15 is 0 Å². The van der Waals surface area contributed by atoms with Gasteiger partial charge in [-0.3, -0.25) is 9.59 Å². The van der Waals surface area contributed by atoms with Crippen LogP contribution >= 0.6 is 0 Å². The molecule has 0 aliphatic rings. The van der Waals surface area contributed by atoms with Crippen molar-refractivity contribution in [3.05, 3.63) is 35.4 Å². The Morgan fingerprint density at radius 2 is 1.61 bits per heavy atom. The van der Waals surface area contributed by atoms with Crippen molar-refractivity contribution in [3.8, 4) is 0 Å². The first-order valence-electron chi connectivity index (χ1n) is 9.34. The number of hydrogen-bond donors (Lipinski definition) is 3. The predicted octanol–water partition coefficient (Wildman–Crippen LogP) is 2.49. The lowest BCUT2D eigenvalue weighted by atomic mass is 9.87. The van der Waals surface area contributed by atoms with Gasteiger partial charge in [-0.1, -0.05) is 32.9 Å². The molecule has 0 saturated carbocycles. The molecular formula is C21H32N2O5. The molecule has 0 aromatic heterocycles. The Balaban J connectivity index is 2.53. The minimum atomic E-state index is -1.14. The van der Waals surface area contributed by atoms with Gasteiger partial charge >= 0.3 is 5.97 Å². The average molecular weight is 392 g/mol. The number of amides is 2. The third-order valence-electron chi connectivity index (χ3n) is 4.00. The molecule has 1 aromatic carbocycles. The van der Waals surface area contributed by atoms with Crippen LogP contribution in [0.15, 0.2) is 24.3 Å². The molecule has 0 heterocycles. The van der Waals surface area contributed by atoms with Gasteiger partial charge in [0.25, 0.3) is 5.91 Å². The normalized spacial score (nSPS) is 12.9. The van der Waals surface area contributed by atoms with Gasteiger partial charge in [0.2, 0.25) is 5.91 Å². The van der Waals surface area contributed by atoms with E-state index in [0.29, 0.717) is 5.56 Å². The Labute approximate surface area is 166 Å². The van der Waals surface area contributed by atoms with Gasteiger partial charge in [0.15, 0.2) is 0 Å². The highest BCUT2D eigenvalue weighted by molar-refractivity contribution is 5.96. The van der Waals surface area contributed by atoms with Crippen LogP contribution in [0.4, 0.5) is 0 Å². The third kappa shape index (κ3) is 8.52. The summed E-state index contributed by atoms with van der Waals surface area (Å²) in [5.41, 5.74) is 1.14. The van der Waals surface area contributed by atoms with Crippen LogP contribution in [0.2, 0.25) is 0 Å². The van der Waals surface area contributed by atoms with E-state index in [1.54, 1.807) is 12.1 Å². The van der Waals surface area contributed by atoms with E-state index in [2.05, 4.69) is 31.4 Å². The van der Waals surface area contributed by atoms with Gasteiger partial charge in [0.1, 0.15) is 6.04 Å². The van der Waals surface area contributed by atoms with Crippen molar-refractivity contribution in [1.82, 2.24) is 10.6 Å². The SMILES string of the molecule is CC(C)(C)OCCC(NC(=O)CNC(=O)c1ccc(C(C)(C)C)cc1)C(=O)O. The number of carbonyl (C=O) groups is 3. The van der Waals surface area contributed by atoms with Crippen molar-refractivity contribution in [2.75, 3.05) is 13.2 Å². The van der Waals surface area contributed by atoms with E-state index in [9.17, 15) is 19.5 Å². The summed E-state index contributed by atoms with van der Waals surface area (Å²) >= 11 is 0. The van der Waals surface area contributed by atoms with Crippen molar-refractivity contribution in [2.45, 2.75) is 65.0 Å². The molecule has 0 saturated heterocycles. The monoisotopic (exact) mass is 392 g/mol. The number of carbonyl (C=O) groups excluding carboxylic acids is 2. The summed E-state index contributed by atoms with van der Waals surface area (Å²) < 4.78 is 5.50. The van der Waals surface area contributed by atoms with Crippen molar-refractivity contribution >= 4 is 17.8 Å². The molecule has 0 fully saturated rings. The smallest absolute Gasteiger partial charge is 0.326 e. The molecule has 1 rings (SSSR count). The van der Waals surface area contributed by atoms with Gasteiger partial charge in [0, 0.05) is 18.6 Å². The lowest BCUT2D eigenvalue weighted by Gasteiger charge is -2.21. The summed E-state index contributed by atoms with van der Waals surface area (Å²) in [7, 11) is 0. The molecule has 0 bridgehead atoms. The highest BCUT2D eigenvalue weighted by Gasteiger charge is 2.21. The fraction of sp³-hybridized carbons (Fsp3) is 0.571. The summed E-state index contributed by atoms with van der Waals surface area (Å²) in [6.07, 6.45) is 0.139. The molecule has 3 N–H and O–H groups in total. The Bertz CT molecular complexity index is 684. The topological polar surface area (TPSA) is 105 Å². The number of nitrogens with one attached hydrogen (secondary N) is 2. The largest absolute Gasteiger partial charge is 0.480 e. The minimum absolute atomic E-state index is 0.0164. The first-order valence-corrected chi connectivity index (χ1v) is 9.34. The highest BCUT2D eigenvalue weighted by atomic mass is 16.5. The van der Waals surface area contributed by atoms with E-state index in [-0.39, 0.29) is 30.6 Å². The summed E-state index contributed by atoms with van der Waals surface area (Å²) in [4.78, 5) is 35.5. The first-order chi connectivity index (χ1) is 12.8. The zero-order chi connectivity index (χ0) is 21.5. The van der Waals surface area contributed by atoms with Crippen LogP contribution in [0.1, 0.15) is 63.9 Å². The molecular weight excluding hydrogens is 360 g/mol. The highest BCUT2D eigenvalue weighted by Crippen LogP contribution is 2.22. The second kappa shape index (κ2) is 9.68. The molecule has 0 radical (unpaired) electrons. The third-order valence-corrected chi connectivity index (χ3v) is 4.00. The molecule has 2 amide bonds. The van der Waals surface area contributed by atoms with E-state index in [4.69, 9.17) is 4.74 Å². The Hall–Kier alpha value is -2.41. The molecule has 28 heavy (non-hydrogen) atoms. The van der Waals surface area contributed by atoms with E-state index in [0.717, 1.165) is 5.56 Å². The van der Waals surface area contributed by atoms with Gasteiger partial charge < -0.3 is 20.5 Å². The van der Waals surface area contributed by atoms with Crippen LogP contribution in [0.25, 0.3) is 0 Å². The van der Waals surface area contributed by atoms with Gasteiger partial charge in [-0.15, -0.1) is 0 Å². The second-order valence-corrected chi connectivity index (χ2v) is 8.72. The number of carboxylic acid groups (broad SMARTS) is 1. The van der Waals surface area contributed by atoms with E-state index < -0.39 is 23.8 Å². The molecule has 1 aromatic rings. The van der Waals surface area contributed by atoms with E-state index in [1.165, 1.54) is 0 Å². The maximum atomic E-state index is 12.2. The standard InChI is InChI=1S/C21H32N2O5/c1-20(2,3)15-9-7-14(8-10-15)18(25)22-13-17(24)23-16(19(26)27)11-12-28-21(4,5)6/h7-10,16H,11-13H2,1-6H3,(H,22,25)(H,23,24)(H,26,27). The van der Waals surface area contributed by atoms with Crippen molar-refractivity contribution in [3.63, 3.8) is 0 Å². The molecule has 7 nitrogen and oxygen atoms in total. The number of rotatable bonds is 8. The molecule has 0 spiro atoms. The molecule has 7 heteroatoms. The summed E-state index contributed by atoms with van der Waals surface area (Å²) in [6.45, 7) is 11.7. The van der Waals surface area contributed by atoms with Crippen molar-refractivity contribution < 1.29 is 24.2 Å². The molecule has 156 valence electrons. The number of ether oxygens (including phenoxy) is 1. The van der Waals surface area contributed by atoms with Crippen molar-refractivity contribution in [1.29, 1.82) is 0 Å². The maximum Gasteiger partial charge on any atom is 0.326 e. The van der Waals surface area contributed by atoms with E-state index in [1.807, 2.05) is 32.9 Å². The number of hydrogen-bond acceptors (Lipinski definition) is 4. The minimum Gasteiger partial charge on any atom is -0.480 e. The van der Waals surface area contributed by atoms with Crippen molar-refractivity contribution in [2.24, 2.45) is 0 Å². The summed E-state index contributed by atoms with van der Waals surface area (Å²) in [6, 6.07) is 6.10. The van der Waals surface area contributed by atoms with Crippen LogP contribution in [-0.4, -0.2) is 47.7 Å². The number of aliphatic carboxylic acids is 1. The van der Waals surface area contributed by atoms with Crippen LogP contribution in [0.5, 0.6) is 0 Å². The molecule has 1 atom stereocenters. The second-order valence-electron chi connectivity index (χ2n) is 8.72. The fourth-order valence-corrected chi connectivity index (χ4v) is 2.37. The summed E-state index contributed by atoms with van der Waals surface area (Å²) in [5.74, 6) is -2.10. The van der Waals surface area contributed by atoms with Crippen LogP contribution < -0.4 is 10.6 Å². The predicted molar refractivity (Wildman–Crippen MR) is 107 cm³/mol.